The highest BCUT2D eigenvalue weighted by molar-refractivity contribution is 5.89. The Morgan fingerprint density at radius 1 is 1.21 bits per heavy atom. The van der Waals surface area contributed by atoms with Crippen molar-refractivity contribution in [2.75, 3.05) is 0 Å². The van der Waals surface area contributed by atoms with Crippen LogP contribution in [-0.4, -0.2) is 11.9 Å². The molecule has 0 amide bonds. The molecule has 0 bridgehead atoms. The molecule has 0 aromatic heterocycles. The minimum absolute atomic E-state index is 0.676. The summed E-state index contributed by atoms with van der Waals surface area (Å²) in [6, 6.07) is 0. The van der Waals surface area contributed by atoms with Gasteiger partial charge in [0.25, 0.3) is 0 Å². The maximum absolute atomic E-state index is 4.19. The summed E-state index contributed by atoms with van der Waals surface area (Å²) in [4.78, 5) is 0. The average Bonchev–Trinajstić information content (AvgIpc) is 2.14. The molecule has 0 aromatic carbocycles. The second-order valence-electron chi connectivity index (χ2n) is 4.89. The molecule has 2 aliphatic rings. The van der Waals surface area contributed by atoms with Gasteiger partial charge in [-0.3, -0.25) is 0 Å². The van der Waals surface area contributed by atoms with Crippen molar-refractivity contribution in [3.8, 4) is 0 Å². The maximum Gasteiger partial charge on any atom is 0.0412 e. The van der Waals surface area contributed by atoms with E-state index in [-0.39, 0.29) is 0 Å². The van der Waals surface area contributed by atoms with E-state index in [0.29, 0.717) is 11.8 Å². The fourth-order valence-electron chi connectivity index (χ4n) is 2.70. The van der Waals surface area contributed by atoms with E-state index < -0.39 is 0 Å². The van der Waals surface area contributed by atoms with Crippen molar-refractivity contribution in [2.24, 2.45) is 28.0 Å². The van der Waals surface area contributed by atoms with Gasteiger partial charge < -0.3 is 0 Å². The molecule has 3 atom stereocenters. The van der Waals surface area contributed by atoms with E-state index in [1.165, 1.54) is 37.8 Å². The molecule has 1 aliphatic heterocycles. The first-order chi connectivity index (χ1) is 6.77. The Balaban J connectivity index is 2.06. The highest BCUT2D eigenvalue weighted by atomic mass is 15.2. The molecular weight excluding hydrogens is 172 g/mol. The van der Waals surface area contributed by atoms with Crippen LogP contribution in [0.4, 0.5) is 0 Å². The summed E-state index contributed by atoms with van der Waals surface area (Å²) in [5.74, 6) is 2.28. The van der Waals surface area contributed by atoms with Gasteiger partial charge in [-0.15, -0.1) is 0 Å². The van der Waals surface area contributed by atoms with Gasteiger partial charge in [0, 0.05) is 23.8 Å². The third kappa shape index (κ3) is 2.05. The van der Waals surface area contributed by atoms with Gasteiger partial charge in [0.05, 0.1) is 0 Å². The molecule has 0 radical (unpaired) electrons. The smallest absolute Gasteiger partial charge is 0.0412 e. The van der Waals surface area contributed by atoms with Crippen LogP contribution in [0.5, 0.6) is 0 Å². The monoisotopic (exact) mass is 192 g/mol. The normalized spacial score (nSPS) is 38.1. The van der Waals surface area contributed by atoms with Crippen LogP contribution < -0.4 is 0 Å². The summed E-state index contributed by atoms with van der Waals surface area (Å²) < 4.78 is 0. The Morgan fingerprint density at radius 2 is 2.07 bits per heavy atom. The molecule has 1 heterocycles. The van der Waals surface area contributed by atoms with E-state index in [2.05, 4.69) is 30.3 Å². The van der Waals surface area contributed by atoms with Crippen LogP contribution >= 0.6 is 0 Å². The first kappa shape index (κ1) is 9.88. The molecule has 0 N–H and O–H groups in total. The zero-order chi connectivity index (χ0) is 9.97. The molecule has 1 saturated carbocycles. The van der Waals surface area contributed by atoms with Gasteiger partial charge in [-0.1, -0.05) is 26.2 Å². The SMILES string of the molecule is CC1=NN=CC2CCC(C)CCCC12. The van der Waals surface area contributed by atoms with E-state index in [4.69, 9.17) is 0 Å². The van der Waals surface area contributed by atoms with Crippen molar-refractivity contribution < 1.29 is 0 Å². The second kappa shape index (κ2) is 4.24. The number of fused-ring (bicyclic) bond motifs is 1. The van der Waals surface area contributed by atoms with Gasteiger partial charge in [-0.25, -0.2) is 0 Å². The molecular formula is C12H20N2. The van der Waals surface area contributed by atoms with E-state index in [9.17, 15) is 0 Å². The van der Waals surface area contributed by atoms with Crippen LogP contribution in [0.1, 0.15) is 46.0 Å². The van der Waals surface area contributed by atoms with Crippen LogP contribution in [0.3, 0.4) is 0 Å². The van der Waals surface area contributed by atoms with Crippen LogP contribution in [0, 0.1) is 17.8 Å². The minimum atomic E-state index is 0.676. The minimum Gasteiger partial charge on any atom is -0.163 e. The molecule has 0 aromatic rings. The molecule has 78 valence electrons. The number of hydrogen-bond acceptors (Lipinski definition) is 2. The van der Waals surface area contributed by atoms with Gasteiger partial charge in [0.2, 0.25) is 0 Å². The number of rotatable bonds is 0. The summed E-state index contributed by atoms with van der Waals surface area (Å²) in [7, 11) is 0. The maximum atomic E-state index is 4.19. The molecule has 0 spiro atoms. The lowest BCUT2D eigenvalue weighted by molar-refractivity contribution is 0.338. The largest absolute Gasteiger partial charge is 0.163 e. The molecule has 1 fully saturated rings. The van der Waals surface area contributed by atoms with Crippen molar-refractivity contribution in [1.29, 1.82) is 0 Å². The van der Waals surface area contributed by atoms with Crippen molar-refractivity contribution >= 4 is 11.9 Å². The molecule has 0 saturated heterocycles. The highest BCUT2D eigenvalue weighted by Gasteiger charge is 2.27. The molecule has 14 heavy (non-hydrogen) atoms. The Kier molecular flexibility index (Phi) is 2.99. The Morgan fingerprint density at radius 3 is 2.93 bits per heavy atom. The zero-order valence-electron chi connectivity index (χ0n) is 9.24. The van der Waals surface area contributed by atoms with Gasteiger partial charge >= 0.3 is 0 Å². The predicted molar refractivity (Wildman–Crippen MR) is 60.8 cm³/mol. The Labute approximate surface area is 86.5 Å². The zero-order valence-corrected chi connectivity index (χ0v) is 9.24. The van der Waals surface area contributed by atoms with Crippen LogP contribution in [0.2, 0.25) is 0 Å². The Hall–Kier alpha value is -0.660. The summed E-state index contributed by atoms with van der Waals surface area (Å²) in [5, 5.41) is 8.29. The van der Waals surface area contributed by atoms with Gasteiger partial charge in [-0.05, 0) is 25.7 Å². The molecule has 2 heteroatoms. The van der Waals surface area contributed by atoms with Crippen LogP contribution in [-0.2, 0) is 0 Å². The standard InChI is InChI=1S/C12H20N2/c1-9-4-3-5-12-10(2)14-13-8-11(12)7-6-9/h8-9,11-12H,3-7H2,1-2H3. The van der Waals surface area contributed by atoms with Crippen LogP contribution in [0.25, 0.3) is 0 Å². The number of hydrogen-bond donors (Lipinski definition) is 0. The summed E-state index contributed by atoms with van der Waals surface area (Å²) in [6.07, 6.45) is 8.82. The molecule has 3 unspecified atom stereocenters. The molecule has 2 rings (SSSR count). The lowest BCUT2D eigenvalue weighted by Crippen LogP contribution is -2.27. The first-order valence-corrected chi connectivity index (χ1v) is 5.85. The fraction of sp³-hybridized carbons (Fsp3) is 0.833. The number of nitrogens with zero attached hydrogens (tertiary/aromatic N) is 2. The molecule has 1 aliphatic carbocycles. The predicted octanol–water partition coefficient (Wildman–Crippen LogP) is 3.28. The van der Waals surface area contributed by atoms with E-state index >= 15 is 0 Å². The van der Waals surface area contributed by atoms with Crippen molar-refractivity contribution in [3.05, 3.63) is 0 Å². The van der Waals surface area contributed by atoms with Gasteiger partial charge in [0.1, 0.15) is 0 Å². The van der Waals surface area contributed by atoms with E-state index in [0.717, 1.165) is 5.92 Å². The fourth-order valence-corrected chi connectivity index (χ4v) is 2.70. The quantitative estimate of drug-likeness (QED) is 0.562. The van der Waals surface area contributed by atoms with Gasteiger partial charge in [-0.2, -0.15) is 10.2 Å². The summed E-state index contributed by atoms with van der Waals surface area (Å²) >= 11 is 0. The lowest BCUT2D eigenvalue weighted by Gasteiger charge is -2.29. The molecule has 2 nitrogen and oxygen atoms in total. The average molecular weight is 192 g/mol. The van der Waals surface area contributed by atoms with E-state index in [1.807, 2.05) is 0 Å². The van der Waals surface area contributed by atoms with Crippen LogP contribution in [0.15, 0.2) is 10.2 Å². The van der Waals surface area contributed by atoms with Crippen molar-refractivity contribution in [3.63, 3.8) is 0 Å². The van der Waals surface area contributed by atoms with E-state index in [1.54, 1.807) is 0 Å². The first-order valence-electron chi connectivity index (χ1n) is 5.85. The van der Waals surface area contributed by atoms with Crippen molar-refractivity contribution in [1.82, 2.24) is 0 Å². The third-order valence-corrected chi connectivity index (χ3v) is 3.73. The Bertz CT molecular complexity index is 255. The van der Waals surface area contributed by atoms with Gasteiger partial charge in [0.15, 0.2) is 0 Å². The highest BCUT2D eigenvalue weighted by Crippen LogP contribution is 2.31. The lowest BCUT2D eigenvalue weighted by atomic mass is 9.77. The second-order valence-corrected chi connectivity index (χ2v) is 4.89. The topological polar surface area (TPSA) is 24.7 Å². The summed E-state index contributed by atoms with van der Waals surface area (Å²) in [6.45, 7) is 4.51. The van der Waals surface area contributed by atoms with Crippen molar-refractivity contribution in [2.45, 2.75) is 46.0 Å². The third-order valence-electron chi connectivity index (χ3n) is 3.73. The summed E-state index contributed by atoms with van der Waals surface area (Å²) in [5.41, 5.74) is 1.26.